The lowest BCUT2D eigenvalue weighted by molar-refractivity contribution is -0.150. The number of piperidine rings is 2. The number of carbonyl (C=O) groups excluding carboxylic acids is 2. The zero-order valence-electron chi connectivity index (χ0n) is 14.9. The Labute approximate surface area is 149 Å². The Balaban J connectivity index is 1.84. The molecule has 0 aromatic rings. The standard InChI is InChI=1S/C17H26N2O5S/c1-3-25(22,23)19-11-7-17(8-12-19)14(13(2)16(21)24-17)15(20)18-9-5-4-6-10-18/h3-12H2,1-2H3. The molecule has 0 radical (unpaired) electrons. The predicted octanol–water partition coefficient (Wildman–Crippen LogP) is 1.06. The van der Waals surface area contributed by atoms with Crippen molar-refractivity contribution in [2.45, 2.75) is 51.6 Å². The Morgan fingerprint density at radius 1 is 1.12 bits per heavy atom. The quantitative estimate of drug-likeness (QED) is 0.694. The molecule has 2 saturated heterocycles. The molecule has 3 aliphatic heterocycles. The average molecular weight is 370 g/mol. The van der Waals surface area contributed by atoms with E-state index in [1.165, 1.54) is 4.31 Å². The fourth-order valence-electron chi connectivity index (χ4n) is 4.02. The smallest absolute Gasteiger partial charge is 0.335 e. The van der Waals surface area contributed by atoms with Crippen LogP contribution >= 0.6 is 0 Å². The van der Waals surface area contributed by atoms with Crippen molar-refractivity contribution in [2.75, 3.05) is 31.9 Å². The molecule has 0 bridgehead atoms. The lowest BCUT2D eigenvalue weighted by atomic mass is 9.83. The van der Waals surface area contributed by atoms with Crippen molar-refractivity contribution in [3.63, 3.8) is 0 Å². The SMILES string of the molecule is CCS(=O)(=O)N1CCC2(CC1)OC(=O)C(C)=C2C(=O)N1CCCCC1. The van der Waals surface area contributed by atoms with Gasteiger partial charge in [0.2, 0.25) is 10.0 Å². The number of rotatable bonds is 3. The zero-order chi connectivity index (χ0) is 18.2. The highest BCUT2D eigenvalue weighted by Gasteiger charge is 2.52. The van der Waals surface area contributed by atoms with E-state index in [1.54, 1.807) is 18.7 Å². The van der Waals surface area contributed by atoms with Gasteiger partial charge in [-0.05, 0) is 33.1 Å². The molecule has 3 heterocycles. The third-order valence-corrected chi connectivity index (χ3v) is 7.45. The highest BCUT2D eigenvalue weighted by molar-refractivity contribution is 7.89. The first-order valence-electron chi connectivity index (χ1n) is 9.02. The summed E-state index contributed by atoms with van der Waals surface area (Å²) in [5.74, 6) is -0.518. The van der Waals surface area contributed by atoms with Gasteiger partial charge in [-0.1, -0.05) is 0 Å². The van der Waals surface area contributed by atoms with Gasteiger partial charge in [-0.25, -0.2) is 17.5 Å². The molecule has 0 aliphatic carbocycles. The van der Waals surface area contributed by atoms with Crippen LogP contribution in [-0.4, -0.2) is 67.0 Å². The molecule has 140 valence electrons. The van der Waals surface area contributed by atoms with E-state index in [4.69, 9.17) is 4.74 Å². The molecule has 0 unspecified atom stereocenters. The summed E-state index contributed by atoms with van der Waals surface area (Å²) in [7, 11) is -3.27. The van der Waals surface area contributed by atoms with Gasteiger partial charge in [-0.2, -0.15) is 0 Å². The second-order valence-electron chi connectivity index (χ2n) is 7.04. The zero-order valence-corrected chi connectivity index (χ0v) is 15.7. The first kappa shape index (κ1) is 18.4. The number of hydrogen-bond donors (Lipinski definition) is 0. The average Bonchev–Trinajstić information content (AvgIpc) is 2.85. The minimum absolute atomic E-state index is 0.0498. The molecular weight excluding hydrogens is 344 g/mol. The molecule has 7 nitrogen and oxygen atoms in total. The number of likely N-dealkylation sites (tertiary alicyclic amines) is 1. The van der Waals surface area contributed by atoms with E-state index < -0.39 is 21.6 Å². The lowest BCUT2D eigenvalue weighted by Gasteiger charge is -2.40. The van der Waals surface area contributed by atoms with E-state index in [-0.39, 0.29) is 24.7 Å². The number of ether oxygens (including phenoxy) is 1. The van der Waals surface area contributed by atoms with Crippen molar-refractivity contribution in [2.24, 2.45) is 0 Å². The van der Waals surface area contributed by atoms with Crippen LogP contribution in [-0.2, 0) is 24.3 Å². The maximum atomic E-state index is 13.1. The number of hydrogen-bond acceptors (Lipinski definition) is 5. The predicted molar refractivity (Wildman–Crippen MR) is 92.2 cm³/mol. The van der Waals surface area contributed by atoms with Crippen molar-refractivity contribution < 1.29 is 22.7 Å². The van der Waals surface area contributed by atoms with Crippen LogP contribution in [0.2, 0.25) is 0 Å². The van der Waals surface area contributed by atoms with E-state index >= 15 is 0 Å². The minimum atomic E-state index is -3.27. The second-order valence-corrected chi connectivity index (χ2v) is 9.29. The van der Waals surface area contributed by atoms with Crippen LogP contribution in [0.4, 0.5) is 0 Å². The van der Waals surface area contributed by atoms with Gasteiger partial charge in [0.15, 0.2) is 0 Å². The number of esters is 1. The largest absolute Gasteiger partial charge is 0.450 e. The first-order valence-corrected chi connectivity index (χ1v) is 10.6. The van der Waals surface area contributed by atoms with E-state index in [0.717, 1.165) is 19.3 Å². The van der Waals surface area contributed by atoms with Gasteiger partial charge in [0.1, 0.15) is 5.60 Å². The highest BCUT2D eigenvalue weighted by atomic mass is 32.2. The molecular formula is C17H26N2O5S. The summed E-state index contributed by atoms with van der Waals surface area (Å²) in [5.41, 5.74) is -0.134. The van der Waals surface area contributed by atoms with Crippen molar-refractivity contribution in [1.29, 1.82) is 0 Å². The maximum Gasteiger partial charge on any atom is 0.335 e. The maximum absolute atomic E-state index is 13.1. The van der Waals surface area contributed by atoms with Gasteiger partial charge < -0.3 is 9.64 Å². The van der Waals surface area contributed by atoms with Crippen LogP contribution in [0.1, 0.15) is 46.0 Å². The first-order chi connectivity index (χ1) is 11.8. The summed E-state index contributed by atoms with van der Waals surface area (Å²) in [4.78, 5) is 27.1. The van der Waals surface area contributed by atoms with E-state index in [0.29, 0.717) is 37.1 Å². The van der Waals surface area contributed by atoms with Gasteiger partial charge in [0.05, 0.1) is 11.3 Å². The normalized spacial score (nSPS) is 24.7. The molecule has 1 spiro atoms. The summed E-state index contributed by atoms with van der Waals surface area (Å²) in [6.07, 6.45) is 3.74. The number of amides is 1. The minimum Gasteiger partial charge on any atom is -0.450 e. The Morgan fingerprint density at radius 3 is 2.28 bits per heavy atom. The lowest BCUT2D eigenvalue weighted by Crippen LogP contribution is -2.51. The summed E-state index contributed by atoms with van der Waals surface area (Å²) in [5, 5.41) is 0. The van der Waals surface area contributed by atoms with Crippen LogP contribution in [0.25, 0.3) is 0 Å². The molecule has 1 amide bonds. The van der Waals surface area contributed by atoms with Crippen LogP contribution in [0.5, 0.6) is 0 Å². The summed E-state index contributed by atoms with van der Waals surface area (Å²) < 4.78 is 31.2. The van der Waals surface area contributed by atoms with Crippen LogP contribution in [0, 0.1) is 0 Å². The fraction of sp³-hybridized carbons (Fsp3) is 0.765. The van der Waals surface area contributed by atoms with Crippen molar-refractivity contribution >= 4 is 21.9 Å². The van der Waals surface area contributed by atoms with Crippen LogP contribution < -0.4 is 0 Å². The van der Waals surface area contributed by atoms with Crippen molar-refractivity contribution in [3.8, 4) is 0 Å². The topological polar surface area (TPSA) is 84.0 Å². The second kappa shape index (κ2) is 6.72. The van der Waals surface area contributed by atoms with Crippen LogP contribution in [0.15, 0.2) is 11.1 Å². The molecule has 25 heavy (non-hydrogen) atoms. The highest BCUT2D eigenvalue weighted by Crippen LogP contribution is 2.42. The van der Waals surface area contributed by atoms with Gasteiger partial charge >= 0.3 is 5.97 Å². The van der Waals surface area contributed by atoms with Crippen LogP contribution in [0.3, 0.4) is 0 Å². The summed E-state index contributed by atoms with van der Waals surface area (Å²) in [6.45, 7) is 5.21. The van der Waals surface area contributed by atoms with Crippen molar-refractivity contribution in [1.82, 2.24) is 9.21 Å². The van der Waals surface area contributed by atoms with Gasteiger partial charge in [-0.15, -0.1) is 0 Å². The Hall–Kier alpha value is -1.41. The molecule has 3 rings (SSSR count). The monoisotopic (exact) mass is 370 g/mol. The Bertz CT molecular complexity index is 699. The third kappa shape index (κ3) is 3.21. The molecule has 3 aliphatic rings. The van der Waals surface area contributed by atoms with Gasteiger partial charge in [-0.3, -0.25) is 4.79 Å². The third-order valence-electron chi connectivity index (χ3n) is 5.57. The fourth-order valence-corrected chi connectivity index (χ4v) is 5.12. The van der Waals surface area contributed by atoms with Gasteiger partial charge in [0, 0.05) is 44.6 Å². The molecule has 0 N–H and O–H groups in total. The molecule has 0 saturated carbocycles. The molecule has 0 aromatic heterocycles. The number of nitrogens with zero attached hydrogens (tertiary/aromatic N) is 2. The molecule has 0 atom stereocenters. The number of carbonyl (C=O) groups is 2. The van der Waals surface area contributed by atoms with Crippen molar-refractivity contribution in [3.05, 3.63) is 11.1 Å². The van der Waals surface area contributed by atoms with Gasteiger partial charge in [0.25, 0.3) is 5.91 Å². The Kier molecular flexibility index (Phi) is 4.94. The molecule has 2 fully saturated rings. The Morgan fingerprint density at radius 2 is 1.72 bits per heavy atom. The summed E-state index contributed by atoms with van der Waals surface area (Å²) >= 11 is 0. The van der Waals surface area contributed by atoms with E-state index in [1.807, 2.05) is 0 Å². The summed E-state index contributed by atoms with van der Waals surface area (Å²) in [6, 6.07) is 0. The molecule has 0 aromatic carbocycles. The number of sulfonamides is 1. The van der Waals surface area contributed by atoms with E-state index in [9.17, 15) is 18.0 Å². The van der Waals surface area contributed by atoms with E-state index in [2.05, 4.69) is 0 Å². The molecule has 8 heteroatoms.